The van der Waals surface area contributed by atoms with Gasteiger partial charge < -0.3 is 15.5 Å². The number of carbonyl (C=O) groups is 1. The normalized spacial score (nSPS) is 19.9. The van der Waals surface area contributed by atoms with E-state index in [-0.39, 0.29) is 11.3 Å². The summed E-state index contributed by atoms with van der Waals surface area (Å²) in [6, 6.07) is 10.8. The predicted octanol–water partition coefficient (Wildman–Crippen LogP) is 2.53. The van der Waals surface area contributed by atoms with Gasteiger partial charge in [-0.1, -0.05) is 30.3 Å². The van der Waals surface area contributed by atoms with Crippen molar-refractivity contribution in [3.63, 3.8) is 0 Å². The topological polar surface area (TPSA) is 56.7 Å². The van der Waals surface area contributed by atoms with Crippen LogP contribution in [-0.2, 0) is 10.2 Å². The van der Waals surface area contributed by atoms with Crippen molar-refractivity contribution >= 4 is 11.9 Å². The Morgan fingerprint density at radius 3 is 2.50 bits per heavy atom. The number of carbonyl (C=O) groups excluding carboxylic acids is 1. The van der Waals surface area contributed by atoms with E-state index >= 15 is 0 Å². The molecule has 2 aliphatic rings. The molecule has 0 unspecified atom stereocenters. The van der Waals surface area contributed by atoms with Crippen LogP contribution in [0.25, 0.3) is 0 Å². The van der Waals surface area contributed by atoms with Crippen molar-refractivity contribution in [3.8, 4) is 0 Å². The van der Waals surface area contributed by atoms with Crippen LogP contribution < -0.4 is 10.6 Å². The monoisotopic (exact) mass is 356 g/mol. The quantitative estimate of drug-likeness (QED) is 0.608. The second kappa shape index (κ2) is 8.56. The van der Waals surface area contributed by atoms with Crippen molar-refractivity contribution in [2.45, 2.75) is 44.4 Å². The molecule has 2 fully saturated rings. The maximum absolute atomic E-state index is 11.6. The lowest BCUT2D eigenvalue weighted by Crippen LogP contribution is -2.46. The van der Waals surface area contributed by atoms with Crippen LogP contribution in [0.4, 0.5) is 0 Å². The predicted molar refractivity (Wildman–Crippen MR) is 106 cm³/mol. The van der Waals surface area contributed by atoms with Gasteiger partial charge in [-0.25, -0.2) is 0 Å². The molecule has 0 aromatic heterocycles. The van der Waals surface area contributed by atoms with E-state index in [2.05, 4.69) is 52.8 Å². The van der Waals surface area contributed by atoms with Crippen molar-refractivity contribution < 1.29 is 4.79 Å². The Morgan fingerprint density at radius 1 is 1.23 bits per heavy atom. The first-order valence-corrected chi connectivity index (χ1v) is 9.96. The molecule has 1 aliphatic heterocycles. The van der Waals surface area contributed by atoms with E-state index in [1.807, 2.05) is 0 Å². The van der Waals surface area contributed by atoms with Crippen LogP contribution in [0.5, 0.6) is 0 Å². The molecule has 0 bridgehead atoms. The largest absolute Gasteiger partial charge is 0.359 e. The number of nitrogens with zero attached hydrogens (tertiary/aromatic N) is 2. The van der Waals surface area contributed by atoms with Gasteiger partial charge in [0.25, 0.3) is 0 Å². The molecule has 1 aromatic rings. The molecule has 2 N–H and O–H groups in total. The summed E-state index contributed by atoms with van der Waals surface area (Å²) < 4.78 is 0. The van der Waals surface area contributed by atoms with E-state index in [0.29, 0.717) is 12.3 Å². The molecular weight excluding hydrogens is 324 g/mol. The van der Waals surface area contributed by atoms with Crippen LogP contribution in [0.15, 0.2) is 35.3 Å². The van der Waals surface area contributed by atoms with Gasteiger partial charge in [0.1, 0.15) is 0 Å². The minimum Gasteiger partial charge on any atom is -0.359 e. The zero-order valence-electron chi connectivity index (χ0n) is 16.1. The van der Waals surface area contributed by atoms with Gasteiger partial charge in [-0.05, 0) is 44.1 Å². The standard InChI is InChI=1S/C21H32N4O/c1-3-23-20(25-13-9-17(10-14-25)15-19(26)22-2)24-16-21(11-12-21)18-7-5-4-6-8-18/h4-8,17H,3,9-16H2,1-2H3,(H,22,26)(H,23,24). The maximum atomic E-state index is 11.6. The summed E-state index contributed by atoms with van der Waals surface area (Å²) >= 11 is 0. The first-order chi connectivity index (χ1) is 12.7. The Hall–Kier alpha value is -2.04. The minimum absolute atomic E-state index is 0.155. The Morgan fingerprint density at radius 2 is 1.92 bits per heavy atom. The second-order valence-electron chi connectivity index (χ2n) is 7.62. The number of guanidine groups is 1. The highest BCUT2D eigenvalue weighted by molar-refractivity contribution is 5.80. The Balaban J connectivity index is 1.59. The molecule has 1 amide bonds. The van der Waals surface area contributed by atoms with Gasteiger partial charge in [0.05, 0.1) is 6.54 Å². The summed E-state index contributed by atoms with van der Waals surface area (Å²) in [5.74, 6) is 1.68. The van der Waals surface area contributed by atoms with Crippen molar-refractivity contribution in [3.05, 3.63) is 35.9 Å². The number of benzene rings is 1. The number of amides is 1. The SMILES string of the molecule is CCNC(=NCC1(c2ccccc2)CC1)N1CCC(CC(=O)NC)CC1. The molecule has 5 nitrogen and oxygen atoms in total. The van der Waals surface area contributed by atoms with Gasteiger partial charge in [-0.3, -0.25) is 9.79 Å². The van der Waals surface area contributed by atoms with Crippen molar-refractivity contribution in [2.24, 2.45) is 10.9 Å². The third-order valence-corrected chi connectivity index (χ3v) is 5.77. The van der Waals surface area contributed by atoms with Gasteiger partial charge in [0.15, 0.2) is 5.96 Å². The summed E-state index contributed by atoms with van der Waals surface area (Å²) in [7, 11) is 1.72. The second-order valence-corrected chi connectivity index (χ2v) is 7.62. The highest BCUT2D eigenvalue weighted by Crippen LogP contribution is 2.48. The Kier molecular flexibility index (Phi) is 6.17. The lowest BCUT2D eigenvalue weighted by atomic mass is 9.93. The van der Waals surface area contributed by atoms with Gasteiger partial charge in [-0.2, -0.15) is 0 Å². The van der Waals surface area contributed by atoms with Gasteiger partial charge in [0, 0.05) is 38.5 Å². The molecule has 0 radical (unpaired) electrons. The van der Waals surface area contributed by atoms with Crippen LogP contribution in [0.2, 0.25) is 0 Å². The van der Waals surface area contributed by atoms with Crippen LogP contribution >= 0.6 is 0 Å². The minimum atomic E-state index is 0.155. The summed E-state index contributed by atoms with van der Waals surface area (Å²) in [6.45, 7) is 5.82. The van der Waals surface area contributed by atoms with Crippen LogP contribution in [0.3, 0.4) is 0 Å². The number of nitrogens with one attached hydrogen (secondary N) is 2. The third-order valence-electron chi connectivity index (χ3n) is 5.77. The average Bonchev–Trinajstić information content (AvgIpc) is 3.48. The van der Waals surface area contributed by atoms with E-state index < -0.39 is 0 Å². The number of piperidine rings is 1. The number of rotatable bonds is 6. The fourth-order valence-electron chi connectivity index (χ4n) is 3.85. The first-order valence-electron chi connectivity index (χ1n) is 9.96. The number of hydrogen-bond acceptors (Lipinski definition) is 2. The molecule has 1 aliphatic carbocycles. The molecule has 1 heterocycles. The molecule has 26 heavy (non-hydrogen) atoms. The van der Waals surface area contributed by atoms with Crippen molar-refractivity contribution in [2.75, 3.05) is 33.2 Å². The summed E-state index contributed by atoms with van der Waals surface area (Å²) in [5.41, 5.74) is 1.67. The number of hydrogen-bond donors (Lipinski definition) is 2. The molecule has 5 heteroatoms. The lowest BCUT2D eigenvalue weighted by molar-refractivity contribution is -0.121. The average molecular weight is 357 g/mol. The summed E-state index contributed by atoms with van der Waals surface area (Å²) in [6.07, 6.45) is 5.22. The van der Waals surface area contributed by atoms with E-state index in [9.17, 15) is 4.79 Å². The molecule has 1 saturated heterocycles. The molecule has 0 spiro atoms. The summed E-state index contributed by atoms with van der Waals surface area (Å²) in [5, 5.41) is 6.20. The summed E-state index contributed by atoms with van der Waals surface area (Å²) in [4.78, 5) is 19.0. The molecular formula is C21H32N4O. The first kappa shape index (κ1) is 18.7. The molecule has 3 rings (SSSR count). The lowest BCUT2D eigenvalue weighted by Gasteiger charge is -2.34. The van der Waals surface area contributed by atoms with E-state index in [1.165, 1.54) is 18.4 Å². The van der Waals surface area contributed by atoms with E-state index in [1.54, 1.807) is 7.05 Å². The Labute approximate surface area is 157 Å². The highest BCUT2D eigenvalue weighted by Gasteiger charge is 2.44. The fraction of sp³-hybridized carbons (Fsp3) is 0.619. The van der Waals surface area contributed by atoms with Gasteiger partial charge in [0.2, 0.25) is 5.91 Å². The zero-order valence-corrected chi connectivity index (χ0v) is 16.1. The molecule has 1 saturated carbocycles. The number of likely N-dealkylation sites (tertiary alicyclic amines) is 1. The fourth-order valence-corrected chi connectivity index (χ4v) is 3.85. The van der Waals surface area contributed by atoms with E-state index in [0.717, 1.165) is 45.0 Å². The smallest absolute Gasteiger partial charge is 0.220 e. The zero-order chi connectivity index (χ0) is 18.4. The Bertz CT molecular complexity index is 616. The van der Waals surface area contributed by atoms with Crippen molar-refractivity contribution in [1.82, 2.24) is 15.5 Å². The molecule has 1 aromatic carbocycles. The molecule has 142 valence electrons. The highest BCUT2D eigenvalue weighted by atomic mass is 16.1. The third kappa shape index (κ3) is 4.57. The van der Waals surface area contributed by atoms with Crippen molar-refractivity contribution in [1.29, 1.82) is 0 Å². The maximum Gasteiger partial charge on any atom is 0.220 e. The van der Waals surface area contributed by atoms with Crippen LogP contribution in [-0.4, -0.2) is 50.0 Å². The molecule has 0 atom stereocenters. The van der Waals surface area contributed by atoms with Gasteiger partial charge >= 0.3 is 0 Å². The number of aliphatic imine (C=N–C) groups is 1. The van der Waals surface area contributed by atoms with Gasteiger partial charge in [-0.15, -0.1) is 0 Å². The van der Waals surface area contributed by atoms with Crippen LogP contribution in [0, 0.1) is 5.92 Å². The van der Waals surface area contributed by atoms with Crippen LogP contribution in [0.1, 0.15) is 44.6 Å². The van der Waals surface area contributed by atoms with E-state index in [4.69, 9.17) is 4.99 Å².